The molecule has 4 amide bonds. The van der Waals surface area contributed by atoms with Crippen LogP contribution in [0.3, 0.4) is 0 Å². The van der Waals surface area contributed by atoms with E-state index in [0.29, 0.717) is 30.8 Å². The average molecular weight is 386 g/mol. The SMILES string of the molecule is CC(C)c1ccc([C@]2(C)NC(=O)N(CC(=O)N3C[C@H](C)C[C@H](C)C3)C2=O)cc1. The second kappa shape index (κ2) is 7.57. The first kappa shape index (κ1) is 20.4. The molecule has 2 aliphatic rings. The second-order valence-electron chi connectivity index (χ2n) is 8.97. The van der Waals surface area contributed by atoms with Crippen LogP contribution in [-0.2, 0) is 15.1 Å². The van der Waals surface area contributed by atoms with E-state index in [1.54, 1.807) is 11.8 Å². The quantitative estimate of drug-likeness (QED) is 0.810. The van der Waals surface area contributed by atoms with Crippen molar-refractivity contribution in [2.75, 3.05) is 19.6 Å². The van der Waals surface area contributed by atoms with Crippen molar-refractivity contribution in [3.63, 3.8) is 0 Å². The highest BCUT2D eigenvalue weighted by atomic mass is 16.2. The molecule has 6 nitrogen and oxygen atoms in total. The summed E-state index contributed by atoms with van der Waals surface area (Å²) in [5.74, 6) is 0.711. The van der Waals surface area contributed by atoms with Gasteiger partial charge in [0.2, 0.25) is 5.91 Å². The van der Waals surface area contributed by atoms with Crippen LogP contribution in [0.5, 0.6) is 0 Å². The monoisotopic (exact) mass is 385 g/mol. The third-order valence-electron chi connectivity index (χ3n) is 5.94. The lowest BCUT2D eigenvalue weighted by atomic mass is 9.90. The van der Waals surface area contributed by atoms with E-state index in [1.807, 2.05) is 24.3 Å². The fourth-order valence-electron chi connectivity index (χ4n) is 4.34. The van der Waals surface area contributed by atoms with Crippen LogP contribution >= 0.6 is 0 Å². The van der Waals surface area contributed by atoms with Crippen molar-refractivity contribution in [2.45, 2.75) is 52.5 Å². The minimum Gasteiger partial charge on any atom is -0.341 e. The van der Waals surface area contributed by atoms with E-state index in [9.17, 15) is 14.4 Å². The van der Waals surface area contributed by atoms with Crippen LogP contribution in [0.25, 0.3) is 0 Å². The molecule has 2 saturated heterocycles. The number of hydrogen-bond donors (Lipinski definition) is 1. The summed E-state index contributed by atoms with van der Waals surface area (Å²) in [4.78, 5) is 41.2. The van der Waals surface area contributed by atoms with Gasteiger partial charge in [-0.05, 0) is 42.2 Å². The summed E-state index contributed by atoms with van der Waals surface area (Å²) in [6, 6.07) is 7.22. The molecule has 3 rings (SSSR count). The first-order valence-corrected chi connectivity index (χ1v) is 10.1. The molecule has 0 saturated carbocycles. The van der Waals surface area contributed by atoms with Gasteiger partial charge in [0.1, 0.15) is 12.1 Å². The molecular formula is C22H31N3O3. The molecule has 1 aromatic rings. The number of amides is 4. The Labute approximate surface area is 167 Å². The second-order valence-corrected chi connectivity index (χ2v) is 8.97. The molecule has 1 aromatic carbocycles. The number of imide groups is 1. The van der Waals surface area contributed by atoms with E-state index >= 15 is 0 Å². The molecule has 0 aromatic heterocycles. The number of urea groups is 1. The topological polar surface area (TPSA) is 69.7 Å². The highest BCUT2D eigenvalue weighted by molar-refractivity contribution is 6.09. The number of rotatable bonds is 4. The molecule has 3 atom stereocenters. The lowest BCUT2D eigenvalue weighted by Gasteiger charge is -2.35. The van der Waals surface area contributed by atoms with E-state index in [4.69, 9.17) is 0 Å². The molecule has 28 heavy (non-hydrogen) atoms. The Morgan fingerprint density at radius 2 is 1.71 bits per heavy atom. The fraction of sp³-hybridized carbons (Fsp3) is 0.591. The molecule has 0 unspecified atom stereocenters. The molecule has 2 heterocycles. The van der Waals surface area contributed by atoms with Crippen molar-refractivity contribution in [1.29, 1.82) is 0 Å². The summed E-state index contributed by atoms with van der Waals surface area (Å²) < 4.78 is 0. The molecule has 0 bridgehead atoms. The smallest absolute Gasteiger partial charge is 0.325 e. The van der Waals surface area contributed by atoms with Gasteiger partial charge in [-0.15, -0.1) is 0 Å². The standard InChI is InChI=1S/C22H31N3O3/c1-14(2)17-6-8-18(9-7-17)22(5)20(27)25(21(28)23-22)13-19(26)24-11-15(3)10-16(4)12-24/h6-9,14-16H,10-13H2,1-5H3,(H,23,28)/t15-,16+,22-/m0/s1. The van der Waals surface area contributed by atoms with Crippen LogP contribution in [-0.4, -0.2) is 47.3 Å². The maximum absolute atomic E-state index is 13.1. The number of benzene rings is 1. The van der Waals surface area contributed by atoms with Crippen LogP contribution in [0.2, 0.25) is 0 Å². The number of likely N-dealkylation sites (tertiary alicyclic amines) is 1. The van der Waals surface area contributed by atoms with Gasteiger partial charge in [0.05, 0.1) is 0 Å². The van der Waals surface area contributed by atoms with Crippen molar-refractivity contribution in [3.05, 3.63) is 35.4 Å². The Bertz CT molecular complexity index is 764. The summed E-state index contributed by atoms with van der Waals surface area (Å²) in [6.07, 6.45) is 1.09. The lowest BCUT2D eigenvalue weighted by Crippen LogP contribution is -2.48. The summed E-state index contributed by atoms with van der Waals surface area (Å²) in [7, 11) is 0. The van der Waals surface area contributed by atoms with Gasteiger partial charge < -0.3 is 10.2 Å². The Morgan fingerprint density at radius 3 is 2.25 bits per heavy atom. The minimum atomic E-state index is -1.14. The zero-order chi connectivity index (χ0) is 20.6. The molecule has 152 valence electrons. The number of nitrogens with one attached hydrogen (secondary N) is 1. The highest BCUT2D eigenvalue weighted by Crippen LogP contribution is 2.30. The summed E-state index contributed by atoms with van der Waals surface area (Å²) in [5.41, 5.74) is 0.755. The average Bonchev–Trinajstić information content (AvgIpc) is 2.85. The maximum atomic E-state index is 13.1. The molecule has 2 fully saturated rings. The molecule has 0 spiro atoms. The predicted molar refractivity (Wildman–Crippen MR) is 108 cm³/mol. The van der Waals surface area contributed by atoms with E-state index in [0.717, 1.165) is 16.9 Å². The van der Waals surface area contributed by atoms with Crippen LogP contribution in [0.4, 0.5) is 4.79 Å². The number of nitrogens with zero attached hydrogens (tertiary/aromatic N) is 2. The van der Waals surface area contributed by atoms with Gasteiger partial charge in [0, 0.05) is 13.1 Å². The normalized spacial score (nSPS) is 28.1. The Balaban J connectivity index is 1.74. The van der Waals surface area contributed by atoms with Crippen molar-refractivity contribution < 1.29 is 14.4 Å². The van der Waals surface area contributed by atoms with Crippen LogP contribution in [0.1, 0.15) is 58.1 Å². The summed E-state index contributed by atoms with van der Waals surface area (Å²) >= 11 is 0. The fourth-order valence-corrected chi connectivity index (χ4v) is 4.34. The summed E-state index contributed by atoms with van der Waals surface area (Å²) in [5, 5.41) is 2.79. The first-order chi connectivity index (χ1) is 13.1. The van der Waals surface area contributed by atoms with Crippen LogP contribution in [0.15, 0.2) is 24.3 Å². The maximum Gasteiger partial charge on any atom is 0.325 e. The van der Waals surface area contributed by atoms with Gasteiger partial charge in [0.25, 0.3) is 5.91 Å². The van der Waals surface area contributed by atoms with Crippen LogP contribution < -0.4 is 5.32 Å². The third-order valence-corrected chi connectivity index (χ3v) is 5.94. The molecule has 1 N–H and O–H groups in total. The van der Waals surface area contributed by atoms with Crippen molar-refractivity contribution in [1.82, 2.24) is 15.1 Å². The van der Waals surface area contributed by atoms with E-state index in [1.165, 1.54) is 5.56 Å². The molecule has 6 heteroatoms. The van der Waals surface area contributed by atoms with Crippen LogP contribution in [0, 0.1) is 11.8 Å². The number of carbonyl (C=O) groups excluding carboxylic acids is 3. The zero-order valence-corrected chi connectivity index (χ0v) is 17.5. The first-order valence-electron chi connectivity index (χ1n) is 10.1. The summed E-state index contributed by atoms with van der Waals surface area (Å²) in [6.45, 7) is 11.3. The molecule has 0 aliphatic carbocycles. The lowest BCUT2D eigenvalue weighted by molar-refractivity contribution is -0.140. The molecule has 2 aliphatic heterocycles. The Kier molecular flexibility index (Phi) is 5.50. The number of carbonyl (C=O) groups is 3. The predicted octanol–water partition coefficient (Wildman–Crippen LogP) is 3.08. The van der Waals surface area contributed by atoms with Gasteiger partial charge in [-0.3, -0.25) is 14.5 Å². The van der Waals surface area contributed by atoms with Crippen molar-refractivity contribution in [3.8, 4) is 0 Å². The van der Waals surface area contributed by atoms with Gasteiger partial charge in [0.15, 0.2) is 0 Å². The Morgan fingerprint density at radius 1 is 1.14 bits per heavy atom. The number of hydrogen-bond acceptors (Lipinski definition) is 3. The van der Waals surface area contributed by atoms with Gasteiger partial charge in [-0.1, -0.05) is 52.0 Å². The van der Waals surface area contributed by atoms with E-state index in [2.05, 4.69) is 33.0 Å². The van der Waals surface area contributed by atoms with Crippen molar-refractivity contribution >= 4 is 17.8 Å². The van der Waals surface area contributed by atoms with Crippen molar-refractivity contribution in [2.24, 2.45) is 11.8 Å². The van der Waals surface area contributed by atoms with E-state index < -0.39 is 11.6 Å². The van der Waals surface area contributed by atoms with Gasteiger partial charge >= 0.3 is 6.03 Å². The third kappa shape index (κ3) is 3.77. The van der Waals surface area contributed by atoms with Gasteiger partial charge in [-0.25, -0.2) is 4.79 Å². The Hall–Kier alpha value is -2.37. The van der Waals surface area contributed by atoms with E-state index in [-0.39, 0.29) is 18.4 Å². The largest absolute Gasteiger partial charge is 0.341 e. The molecule has 0 radical (unpaired) electrons. The highest BCUT2D eigenvalue weighted by Gasteiger charge is 2.49. The minimum absolute atomic E-state index is 0.165. The number of piperidine rings is 1. The zero-order valence-electron chi connectivity index (χ0n) is 17.5. The molecular weight excluding hydrogens is 354 g/mol. The van der Waals surface area contributed by atoms with Gasteiger partial charge in [-0.2, -0.15) is 0 Å².